The lowest BCUT2D eigenvalue weighted by Crippen LogP contribution is -2.21. The van der Waals surface area contributed by atoms with Crippen LogP contribution in [-0.2, 0) is 9.53 Å². The van der Waals surface area contributed by atoms with Gasteiger partial charge in [-0.15, -0.1) is 11.3 Å². The molecule has 2 amide bonds. The summed E-state index contributed by atoms with van der Waals surface area (Å²) in [6.45, 7) is -0.458. The number of carbonyl (C=O) groups excluding carboxylic acids is 3. The van der Waals surface area contributed by atoms with Crippen molar-refractivity contribution in [3.05, 3.63) is 70.2 Å². The summed E-state index contributed by atoms with van der Waals surface area (Å²) in [5.41, 5.74) is 1.86. The topological polar surface area (TPSA) is 97.4 Å². The first kappa shape index (κ1) is 20.5. The average Bonchev–Trinajstić information content (AvgIpc) is 3.22. The van der Waals surface area contributed by atoms with Crippen LogP contribution in [0.25, 0.3) is 10.6 Å². The number of aromatic nitrogens is 1. The first-order chi connectivity index (χ1) is 14.0. The van der Waals surface area contributed by atoms with E-state index in [0.717, 1.165) is 5.56 Å². The smallest absolute Gasteiger partial charge is 0.358 e. The summed E-state index contributed by atoms with van der Waals surface area (Å²) in [5, 5.41) is 7.86. The molecule has 0 aliphatic carbocycles. The number of halogens is 1. The number of benzene rings is 2. The predicted octanol–water partition coefficient (Wildman–Crippen LogP) is 3.62. The molecular weight excluding hydrogens is 414 g/mol. The Balaban J connectivity index is 1.54. The average molecular weight is 430 g/mol. The molecular formula is C20H16ClN3O4S. The molecule has 0 atom stereocenters. The quantitative estimate of drug-likeness (QED) is 0.583. The van der Waals surface area contributed by atoms with Crippen molar-refractivity contribution in [2.45, 2.75) is 0 Å². The Kier molecular flexibility index (Phi) is 6.58. The molecule has 1 aromatic heterocycles. The van der Waals surface area contributed by atoms with Gasteiger partial charge < -0.3 is 15.4 Å². The van der Waals surface area contributed by atoms with Gasteiger partial charge in [0, 0.05) is 34.3 Å². The molecule has 9 heteroatoms. The first-order valence-electron chi connectivity index (χ1n) is 8.47. The molecule has 0 aliphatic rings. The molecule has 7 nitrogen and oxygen atoms in total. The summed E-state index contributed by atoms with van der Waals surface area (Å²) in [6.07, 6.45) is 0. The number of amides is 2. The van der Waals surface area contributed by atoms with Crippen molar-refractivity contribution in [1.29, 1.82) is 0 Å². The number of esters is 1. The van der Waals surface area contributed by atoms with E-state index in [-0.39, 0.29) is 11.6 Å². The van der Waals surface area contributed by atoms with E-state index < -0.39 is 18.5 Å². The molecule has 0 saturated carbocycles. The number of carbonyl (C=O) groups is 3. The van der Waals surface area contributed by atoms with Crippen LogP contribution in [0.2, 0.25) is 5.02 Å². The number of thiazole rings is 1. The molecule has 2 N–H and O–H groups in total. The summed E-state index contributed by atoms with van der Waals surface area (Å²) in [5.74, 6) is -1.42. The molecule has 0 aliphatic heterocycles. The van der Waals surface area contributed by atoms with Gasteiger partial charge >= 0.3 is 5.97 Å². The fraction of sp³-hybridized carbons (Fsp3) is 0.100. The van der Waals surface area contributed by atoms with E-state index in [0.29, 0.717) is 21.3 Å². The number of nitrogens with one attached hydrogen (secondary N) is 2. The number of ether oxygens (including phenoxy) is 1. The van der Waals surface area contributed by atoms with Gasteiger partial charge in [-0.3, -0.25) is 9.59 Å². The van der Waals surface area contributed by atoms with Gasteiger partial charge in [0.05, 0.1) is 0 Å². The minimum absolute atomic E-state index is 0.118. The Morgan fingerprint density at radius 2 is 1.90 bits per heavy atom. The Morgan fingerprint density at radius 3 is 2.59 bits per heavy atom. The highest BCUT2D eigenvalue weighted by atomic mass is 35.5. The Hall–Kier alpha value is -3.23. The van der Waals surface area contributed by atoms with Crippen molar-refractivity contribution in [3.63, 3.8) is 0 Å². The van der Waals surface area contributed by atoms with Gasteiger partial charge in [0.2, 0.25) is 0 Å². The lowest BCUT2D eigenvalue weighted by molar-refractivity contribution is -0.119. The van der Waals surface area contributed by atoms with E-state index in [9.17, 15) is 14.4 Å². The van der Waals surface area contributed by atoms with Crippen LogP contribution in [0.4, 0.5) is 5.69 Å². The number of anilines is 1. The highest BCUT2D eigenvalue weighted by Gasteiger charge is 2.15. The highest BCUT2D eigenvalue weighted by Crippen LogP contribution is 2.26. The van der Waals surface area contributed by atoms with Gasteiger partial charge in [-0.2, -0.15) is 0 Å². The minimum atomic E-state index is -0.695. The monoisotopic (exact) mass is 429 g/mol. The van der Waals surface area contributed by atoms with Crippen LogP contribution >= 0.6 is 22.9 Å². The molecule has 0 saturated heterocycles. The third-order valence-corrected chi connectivity index (χ3v) is 4.90. The molecule has 0 radical (unpaired) electrons. The maximum Gasteiger partial charge on any atom is 0.358 e. The van der Waals surface area contributed by atoms with E-state index in [4.69, 9.17) is 16.3 Å². The molecule has 3 aromatic rings. The van der Waals surface area contributed by atoms with Crippen molar-refractivity contribution in [2.75, 3.05) is 19.0 Å². The minimum Gasteiger partial charge on any atom is -0.451 e. The fourth-order valence-corrected chi connectivity index (χ4v) is 3.35. The molecule has 0 unspecified atom stereocenters. The van der Waals surface area contributed by atoms with Gasteiger partial charge in [-0.25, -0.2) is 9.78 Å². The molecule has 0 spiro atoms. The SMILES string of the molecule is CNC(=O)c1ccc(NC(=O)COC(=O)c2csc(-c3cccc(Cl)c3)n2)cc1. The van der Waals surface area contributed by atoms with Gasteiger partial charge in [-0.05, 0) is 36.4 Å². The standard InChI is InChI=1S/C20H16ClN3O4S/c1-22-18(26)12-5-7-15(8-6-12)23-17(25)10-28-20(27)16-11-29-19(24-16)13-3-2-4-14(21)9-13/h2-9,11H,10H2,1H3,(H,22,26)(H,23,25). The Labute approximate surface area is 175 Å². The summed E-state index contributed by atoms with van der Waals surface area (Å²) >= 11 is 7.25. The van der Waals surface area contributed by atoms with Crippen LogP contribution in [0.3, 0.4) is 0 Å². The number of rotatable bonds is 6. The van der Waals surface area contributed by atoms with Crippen molar-refractivity contribution in [1.82, 2.24) is 10.3 Å². The van der Waals surface area contributed by atoms with Crippen LogP contribution in [0.15, 0.2) is 53.9 Å². The molecule has 0 fully saturated rings. The maximum absolute atomic E-state index is 12.1. The molecule has 2 aromatic carbocycles. The second kappa shape index (κ2) is 9.31. The summed E-state index contributed by atoms with van der Waals surface area (Å²) in [6, 6.07) is 13.5. The number of hydrogen-bond donors (Lipinski definition) is 2. The van der Waals surface area contributed by atoms with Crippen molar-refractivity contribution in [2.24, 2.45) is 0 Å². The zero-order valence-corrected chi connectivity index (χ0v) is 16.8. The van der Waals surface area contributed by atoms with Gasteiger partial charge in [-0.1, -0.05) is 23.7 Å². The lowest BCUT2D eigenvalue weighted by atomic mass is 10.2. The van der Waals surface area contributed by atoms with Crippen LogP contribution in [0.5, 0.6) is 0 Å². The van der Waals surface area contributed by atoms with E-state index in [1.165, 1.54) is 18.4 Å². The summed E-state index contributed by atoms with van der Waals surface area (Å²) in [7, 11) is 1.53. The Bertz CT molecular complexity index is 1050. The van der Waals surface area contributed by atoms with Gasteiger partial charge in [0.1, 0.15) is 5.01 Å². The summed E-state index contributed by atoms with van der Waals surface area (Å²) in [4.78, 5) is 39.9. The first-order valence-corrected chi connectivity index (χ1v) is 9.72. The molecule has 0 bridgehead atoms. The van der Waals surface area contributed by atoms with Crippen molar-refractivity contribution in [3.8, 4) is 10.6 Å². The van der Waals surface area contributed by atoms with E-state index in [1.54, 1.807) is 47.8 Å². The Morgan fingerprint density at radius 1 is 1.14 bits per heavy atom. The van der Waals surface area contributed by atoms with Crippen LogP contribution in [-0.4, -0.2) is 36.4 Å². The second-order valence-electron chi connectivity index (χ2n) is 5.83. The van der Waals surface area contributed by atoms with Crippen LogP contribution < -0.4 is 10.6 Å². The van der Waals surface area contributed by atoms with Crippen LogP contribution in [0.1, 0.15) is 20.8 Å². The van der Waals surface area contributed by atoms with E-state index >= 15 is 0 Å². The van der Waals surface area contributed by atoms with Crippen molar-refractivity contribution < 1.29 is 19.1 Å². The number of hydrogen-bond acceptors (Lipinski definition) is 6. The normalized spacial score (nSPS) is 10.3. The molecule has 148 valence electrons. The van der Waals surface area contributed by atoms with Gasteiger partial charge in [0.25, 0.3) is 11.8 Å². The zero-order chi connectivity index (χ0) is 20.8. The maximum atomic E-state index is 12.1. The van der Waals surface area contributed by atoms with Crippen molar-refractivity contribution >= 4 is 46.4 Å². The molecule has 1 heterocycles. The largest absolute Gasteiger partial charge is 0.451 e. The highest BCUT2D eigenvalue weighted by molar-refractivity contribution is 7.13. The van der Waals surface area contributed by atoms with E-state index in [2.05, 4.69) is 15.6 Å². The predicted molar refractivity (Wildman–Crippen MR) is 111 cm³/mol. The number of nitrogens with zero attached hydrogens (tertiary/aromatic N) is 1. The van der Waals surface area contributed by atoms with E-state index in [1.807, 2.05) is 6.07 Å². The summed E-state index contributed by atoms with van der Waals surface area (Å²) < 4.78 is 5.02. The van der Waals surface area contributed by atoms with Crippen LogP contribution in [0, 0.1) is 0 Å². The third kappa shape index (κ3) is 5.40. The molecule has 3 rings (SSSR count). The lowest BCUT2D eigenvalue weighted by Gasteiger charge is -2.06. The second-order valence-corrected chi connectivity index (χ2v) is 7.12. The molecule has 29 heavy (non-hydrogen) atoms. The third-order valence-electron chi connectivity index (χ3n) is 3.78. The van der Waals surface area contributed by atoms with Gasteiger partial charge in [0.15, 0.2) is 12.3 Å². The fourth-order valence-electron chi connectivity index (χ4n) is 2.37. The zero-order valence-electron chi connectivity index (χ0n) is 15.3.